The number of carbonyl (C=O) groups excluding carboxylic acids is 2. The zero-order chi connectivity index (χ0) is 30.5. The van der Waals surface area contributed by atoms with Crippen LogP contribution in [-0.4, -0.2) is 73.1 Å². The highest BCUT2D eigenvalue weighted by Crippen LogP contribution is 2.42. The third kappa shape index (κ3) is 8.28. The smallest absolute Gasteiger partial charge is 0.295 e. The lowest BCUT2D eigenvalue weighted by atomic mass is 9.95. The fourth-order valence-corrected chi connectivity index (χ4v) is 5.19. The second kappa shape index (κ2) is 16.8. The molecule has 1 heterocycles. The topological polar surface area (TPSA) is 88.5 Å². The molecule has 1 N–H and O–H groups in total. The Balaban J connectivity index is 2.03. The number of ketones is 1. The Morgan fingerprint density at radius 1 is 0.881 bits per heavy atom. The van der Waals surface area contributed by atoms with Gasteiger partial charge in [-0.1, -0.05) is 65.2 Å². The van der Waals surface area contributed by atoms with Crippen LogP contribution < -0.4 is 14.2 Å². The van der Waals surface area contributed by atoms with E-state index >= 15 is 0 Å². The molecule has 1 aliphatic rings. The molecule has 2 aromatic carbocycles. The van der Waals surface area contributed by atoms with E-state index in [2.05, 4.69) is 32.6 Å². The van der Waals surface area contributed by atoms with Crippen molar-refractivity contribution >= 4 is 17.4 Å². The number of rotatable bonds is 18. The van der Waals surface area contributed by atoms with Crippen molar-refractivity contribution in [2.24, 2.45) is 0 Å². The summed E-state index contributed by atoms with van der Waals surface area (Å²) in [7, 11) is 1.57. The summed E-state index contributed by atoms with van der Waals surface area (Å²) in [5, 5.41) is 11.6. The molecule has 230 valence electrons. The molecule has 0 bridgehead atoms. The molecule has 1 atom stereocenters. The predicted octanol–water partition coefficient (Wildman–Crippen LogP) is 6.60. The number of hydrogen-bond acceptors (Lipinski definition) is 7. The highest BCUT2D eigenvalue weighted by Gasteiger charge is 2.46. The van der Waals surface area contributed by atoms with Crippen molar-refractivity contribution in [3.05, 3.63) is 59.2 Å². The summed E-state index contributed by atoms with van der Waals surface area (Å²) in [5.74, 6) is 0.191. The molecule has 0 radical (unpaired) electrons. The number of ether oxygens (including phenoxy) is 3. The summed E-state index contributed by atoms with van der Waals surface area (Å²) in [6, 6.07) is 11.7. The van der Waals surface area contributed by atoms with Crippen LogP contribution in [-0.2, 0) is 9.59 Å². The minimum Gasteiger partial charge on any atom is -0.507 e. The van der Waals surface area contributed by atoms with Crippen LogP contribution in [0.5, 0.6) is 17.2 Å². The number of aliphatic hydroxyl groups is 1. The first-order valence-corrected chi connectivity index (χ1v) is 15.4. The van der Waals surface area contributed by atoms with E-state index < -0.39 is 17.7 Å². The van der Waals surface area contributed by atoms with Gasteiger partial charge in [0.05, 0.1) is 31.9 Å². The van der Waals surface area contributed by atoms with Gasteiger partial charge in [-0.3, -0.25) is 9.59 Å². The maximum atomic E-state index is 13.5. The van der Waals surface area contributed by atoms with Gasteiger partial charge < -0.3 is 29.1 Å². The maximum absolute atomic E-state index is 13.5. The van der Waals surface area contributed by atoms with Crippen molar-refractivity contribution in [2.45, 2.75) is 72.3 Å². The molecule has 1 saturated heterocycles. The number of likely N-dealkylation sites (tertiary alicyclic amines) is 1. The quantitative estimate of drug-likeness (QED) is 0.0920. The molecule has 8 nitrogen and oxygen atoms in total. The first-order valence-electron chi connectivity index (χ1n) is 15.4. The van der Waals surface area contributed by atoms with E-state index in [0.717, 1.165) is 51.7 Å². The Morgan fingerprint density at radius 3 is 2.31 bits per heavy atom. The maximum Gasteiger partial charge on any atom is 0.295 e. The fourth-order valence-electron chi connectivity index (χ4n) is 5.19. The zero-order valence-corrected chi connectivity index (χ0v) is 26.0. The Bertz CT molecular complexity index is 1210. The highest BCUT2D eigenvalue weighted by molar-refractivity contribution is 6.46. The largest absolute Gasteiger partial charge is 0.507 e. The average Bonchev–Trinajstić information content (AvgIpc) is 3.26. The predicted molar refractivity (Wildman–Crippen MR) is 166 cm³/mol. The van der Waals surface area contributed by atoms with E-state index in [9.17, 15) is 14.7 Å². The number of carbonyl (C=O) groups is 2. The summed E-state index contributed by atoms with van der Waals surface area (Å²) < 4.78 is 17.5. The third-order valence-electron chi connectivity index (χ3n) is 7.69. The molecular weight excluding hydrogens is 532 g/mol. The minimum absolute atomic E-state index is 0.0622. The van der Waals surface area contributed by atoms with Gasteiger partial charge >= 0.3 is 0 Å². The van der Waals surface area contributed by atoms with E-state index in [1.165, 1.54) is 0 Å². The van der Waals surface area contributed by atoms with Crippen LogP contribution in [0, 0.1) is 0 Å². The van der Waals surface area contributed by atoms with Crippen molar-refractivity contribution in [1.82, 2.24) is 9.80 Å². The number of nitrogens with zero attached hydrogens (tertiary/aromatic N) is 2. The van der Waals surface area contributed by atoms with Gasteiger partial charge in [-0.15, -0.1) is 0 Å². The number of unbranched alkanes of at least 4 members (excludes halogenated alkanes) is 3. The molecule has 0 saturated carbocycles. The van der Waals surface area contributed by atoms with Crippen molar-refractivity contribution in [1.29, 1.82) is 0 Å². The third-order valence-corrected chi connectivity index (χ3v) is 7.69. The van der Waals surface area contributed by atoms with Crippen LogP contribution in [0.1, 0.15) is 83.4 Å². The molecule has 3 rings (SSSR count). The van der Waals surface area contributed by atoms with Gasteiger partial charge in [-0.25, -0.2) is 0 Å². The summed E-state index contributed by atoms with van der Waals surface area (Å²) in [4.78, 5) is 30.8. The van der Waals surface area contributed by atoms with E-state index in [1.54, 1.807) is 36.3 Å². The molecule has 0 aromatic heterocycles. The van der Waals surface area contributed by atoms with Crippen LogP contribution >= 0.6 is 0 Å². The van der Waals surface area contributed by atoms with Crippen molar-refractivity contribution in [2.75, 3.05) is 46.5 Å². The van der Waals surface area contributed by atoms with Crippen LogP contribution in [0.3, 0.4) is 0 Å². The first kappa shape index (κ1) is 33.0. The SMILES string of the molecule is CCCCCOc1ccc(C2C(=C(O)c3cccc(OCCCC)c3)C(=O)C(=O)N2CCCN(CC)CC)cc1OC. The summed E-state index contributed by atoms with van der Waals surface area (Å²) in [6.07, 6.45) is 5.72. The molecule has 0 aliphatic carbocycles. The molecule has 0 spiro atoms. The number of hydrogen-bond donors (Lipinski definition) is 1. The van der Waals surface area contributed by atoms with Crippen molar-refractivity contribution in [3.8, 4) is 17.2 Å². The Kier molecular flexibility index (Phi) is 13.2. The van der Waals surface area contributed by atoms with E-state index in [0.29, 0.717) is 54.6 Å². The second-order valence-corrected chi connectivity index (χ2v) is 10.6. The lowest BCUT2D eigenvalue weighted by molar-refractivity contribution is -0.140. The zero-order valence-electron chi connectivity index (χ0n) is 26.0. The van der Waals surface area contributed by atoms with Crippen LogP contribution in [0.15, 0.2) is 48.0 Å². The van der Waals surface area contributed by atoms with Crippen LogP contribution in [0.4, 0.5) is 0 Å². The summed E-state index contributed by atoms with van der Waals surface area (Å²) >= 11 is 0. The Labute approximate surface area is 251 Å². The van der Waals surface area contributed by atoms with Gasteiger partial charge in [0.2, 0.25) is 0 Å². The van der Waals surface area contributed by atoms with Crippen LogP contribution in [0.2, 0.25) is 0 Å². The number of benzene rings is 2. The monoisotopic (exact) mass is 580 g/mol. The summed E-state index contributed by atoms with van der Waals surface area (Å²) in [5.41, 5.74) is 1.16. The molecule has 2 aromatic rings. The summed E-state index contributed by atoms with van der Waals surface area (Å²) in [6.45, 7) is 12.6. The van der Waals surface area contributed by atoms with Gasteiger partial charge in [0.15, 0.2) is 11.5 Å². The lowest BCUT2D eigenvalue weighted by Gasteiger charge is -2.27. The molecule has 42 heavy (non-hydrogen) atoms. The van der Waals surface area contributed by atoms with Crippen LogP contribution in [0.25, 0.3) is 5.76 Å². The number of Topliss-reactive ketones (excluding diaryl/α,β-unsaturated/α-hetero) is 1. The molecule has 8 heteroatoms. The molecular formula is C34H48N2O6. The van der Waals surface area contributed by atoms with Gasteiger partial charge in [0.1, 0.15) is 11.5 Å². The molecule has 1 fully saturated rings. The second-order valence-electron chi connectivity index (χ2n) is 10.6. The van der Waals surface area contributed by atoms with E-state index in [1.807, 2.05) is 18.2 Å². The van der Waals surface area contributed by atoms with Crippen molar-refractivity contribution in [3.63, 3.8) is 0 Å². The van der Waals surface area contributed by atoms with Gasteiger partial charge in [-0.2, -0.15) is 0 Å². The number of amides is 1. The first-order chi connectivity index (χ1) is 20.4. The molecule has 1 aliphatic heterocycles. The van der Waals surface area contributed by atoms with Crippen molar-refractivity contribution < 1.29 is 28.9 Å². The number of aliphatic hydroxyl groups excluding tert-OH is 1. The number of methoxy groups -OCH3 is 1. The molecule has 1 amide bonds. The molecule has 1 unspecified atom stereocenters. The van der Waals surface area contributed by atoms with Gasteiger partial charge in [0.25, 0.3) is 11.7 Å². The van der Waals surface area contributed by atoms with E-state index in [-0.39, 0.29) is 11.3 Å². The Morgan fingerprint density at radius 2 is 1.62 bits per heavy atom. The minimum atomic E-state index is -0.769. The standard InChI is InChI=1S/C34H48N2O6/c1-6-10-12-22-42-28-18-17-25(24-29(28)40-5)31-30(32(37)26-15-13-16-27(23-26)41-21-11-7-2)33(38)34(39)36(31)20-14-19-35(8-3)9-4/h13,15-18,23-24,31,37H,6-12,14,19-22H2,1-5H3. The lowest BCUT2D eigenvalue weighted by Crippen LogP contribution is -2.33. The average molecular weight is 581 g/mol. The Hall–Kier alpha value is -3.52. The normalized spacial score (nSPS) is 16.3. The van der Waals surface area contributed by atoms with E-state index in [4.69, 9.17) is 14.2 Å². The fraction of sp³-hybridized carbons (Fsp3) is 0.529. The van der Waals surface area contributed by atoms with Gasteiger partial charge in [-0.05, 0) is 68.7 Å². The highest BCUT2D eigenvalue weighted by atomic mass is 16.5. The van der Waals surface area contributed by atoms with Gasteiger partial charge in [0, 0.05) is 12.1 Å².